The van der Waals surface area contributed by atoms with Crippen LogP contribution in [0.1, 0.15) is 52.0 Å². The summed E-state index contributed by atoms with van der Waals surface area (Å²) in [6, 6.07) is 16.1. The third kappa shape index (κ3) is 6.97. The third-order valence-electron chi connectivity index (χ3n) is 6.96. The number of methoxy groups -OCH3 is 1. The van der Waals surface area contributed by atoms with E-state index >= 15 is 0 Å². The molecule has 186 valence electrons. The molecular weight excluding hydrogens is 450 g/mol. The lowest BCUT2D eigenvalue weighted by molar-refractivity contribution is -0.0523. The van der Waals surface area contributed by atoms with Gasteiger partial charge in [-0.15, -0.1) is 0 Å². The van der Waals surface area contributed by atoms with Crippen LogP contribution in [0.5, 0.6) is 0 Å². The topological polar surface area (TPSA) is 59.0 Å². The van der Waals surface area contributed by atoms with Gasteiger partial charge < -0.3 is 19.5 Å². The van der Waals surface area contributed by atoms with Gasteiger partial charge in [0.15, 0.2) is 0 Å². The van der Waals surface area contributed by atoms with Crippen molar-refractivity contribution in [3.05, 3.63) is 59.1 Å². The first-order chi connectivity index (χ1) is 16.1. The number of nitrogens with zero attached hydrogens (tertiary/aromatic N) is 1. The van der Waals surface area contributed by atoms with Crippen molar-refractivity contribution in [3.8, 4) is 11.1 Å². The highest BCUT2D eigenvalue weighted by Gasteiger charge is 2.36. The minimum Gasteiger partial charge on any atom is -0.465 e. The zero-order valence-electron chi connectivity index (χ0n) is 20.9. The molecule has 2 saturated heterocycles. The molecule has 5 nitrogen and oxygen atoms in total. The van der Waals surface area contributed by atoms with Crippen LogP contribution in [0.15, 0.2) is 48.5 Å². The van der Waals surface area contributed by atoms with E-state index in [2.05, 4.69) is 32.9 Å². The number of benzene rings is 2. The quantitative estimate of drug-likeness (QED) is 0.508. The third-order valence-corrected chi connectivity index (χ3v) is 7.21. The van der Waals surface area contributed by atoms with Gasteiger partial charge in [0.2, 0.25) is 0 Å². The van der Waals surface area contributed by atoms with Gasteiger partial charge in [0.25, 0.3) is 0 Å². The lowest BCUT2D eigenvalue weighted by atomic mass is 9.83. The number of piperidine rings is 1. The molecule has 4 rings (SSSR count). The summed E-state index contributed by atoms with van der Waals surface area (Å²) >= 11 is 6.01. The van der Waals surface area contributed by atoms with Crippen LogP contribution in [0.4, 0.5) is 4.79 Å². The highest BCUT2D eigenvalue weighted by molar-refractivity contribution is 6.30. The molecule has 1 amide bonds. The van der Waals surface area contributed by atoms with Crippen LogP contribution in [-0.2, 0) is 15.9 Å². The Morgan fingerprint density at radius 2 is 1.79 bits per heavy atom. The number of ether oxygens (including phenoxy) is 2. The van der Waals surface area contributed by atoms with E-state index in [4.69, 9.17) is 26.2 Å². The molecule has 0 aliphatic carbocycles. The summed E-state index contributed by atoms with van der Waals surface area (Å²) in [4.78, 5) is 12.6. The van der Waals surface area contributed by atoms with Crippen LogP contribution in [0.25, 0.3) is 11.1 Å². The van der Waals surface area contributed by atoms with Gasteiger partial charge in [-0.05, 0) is 59.9 Å². The summed E-state index contributed by atoms with van der Waals surface area (Å²) in [6.45, 7) is 8.70. The fraction of sp³-hybridized carbons (Fsp3) is 0.536. The maximum Gasteiger partial charge on any atom is 0.407 e. The van der Waals surface area contributed by atoms with Gasteiger partial charge in [0.1, 0.15) is 0 Å². The number of hydrogen-bond acceptors (Lipinski definition) is 3. The van der Waals surface area contributed by atoms with Crippen molar-refractivity contribution in [3.63, 3.8) is 0 Å². The number of likely N-dealkylation sites (tertiary alicyclic amines) is 1. The molecule has 0 aromatic heterocycles. The molecule has 1 atom stereocenters. The fourth-order valence-electron chi connectivity index (χ4n) is 4.75. The predicted molar refractivity (Wildman–Crippen MR) is 138 cm³/mol. The lowest BCUT2D eigenvalue weighted by Crippen LogP contribution is -2.48. The predicted octanol–water partition coefficient (Wildman–Crippen LogP) is 6.92. The number of halogens is 1. The molecule has 1 unspecified atom stereocenters. The highest BCUT2D eigenvalue weighted by atomic mass is 35.5. The second-order valence-electron chi connectivity index (χ2n) is 10.4. The van der Waals surface area contributed by atoms with Crippen LogP contribution in [0.2, 0.25) is 5.02 Å². The Hall–Kier alpha value is -2.08. The summed E-state index contributed by atoms with van der Waals surface area (Å²) in [5, 5.41) is 9.88. The van der Waals surface area contributed by atoms with E-state index in [1.54, 1.807) is 7.11 Å². The molecule has 2 fully saturated rings. The monoisotopic (exact) mass is 487 g/mol. The van der Waals surface area contributed by atoms with Crippen LogP contribution in [-0.4, -0.2) is 54.6 Å². The minimum absolute atomic E-state index is 0.325. The smallest absolute Gasteiger partial charge is 0.407 e. The minimum atomic E-state index is -0.855. The molecular formula is C28H38ClNO4. The molecule has 0 radical (unpaired) electrons. The molecule has 0 spiro atoms. The lowest BCUT2D eigenvalue weighted by Gasteiger charge is -2.40. The van der Waals surface area contributed by atoms with E-state index in [9.17, 15) is 4.79 Å². The summed E-state index contributed by atoms with van der Waals surface area (Å²) in [7, 11) is 1.72. The van der Waals surface area contributed by atoms with Crippen molar-refractivity contribution < 1.29 is 19.4 Å². The molecule has 6 heteroatoms. The molecule has 2 aliphatic heterocycles. The summed E-state index contributed by atoms with van der Waals surface area (Å²) in [6.07, 6.45) is 4.32. The second-order valence-corrected chi connectivity index (χ2v) is 10.8. The molecule has 1 N–H and O–H groups in total. The van der Waals surface area contributed by atoms with Crippen molar-refractivity contribution in [2.24, 2.45) is 5.41 Å². The SMILES string of the molecule is CC(C)(C)C1CCCO1.COC1(Cc2ccccc2-c2ccc(Cl)cc2)CCN(C(=O)O)CC1. The molecule has 0 saturated carbocycles. The van der Waals surface area contributed by atoms with E-state index < -0.39 is 6.09 Å². The van der Waals surface area contributed by atoms with E-state index in [1.807, 2.05) is 36.4 Å². The zero-order chi connectivity index (χ0) is 24.8. The number of carbonyl (C=O) groups is 1. The van der Waals surface area contributed by atoms with Crippen LogP contribution < -0.4 is 0 Å². The van der Waals surface area contributed by atoms with Crippen molar-refractivity contribution in [2.45, 2.75) is 64.6 Å². The number of hydrogen-bond donors (Lipinski definition) is 1. The molecule has 2 aliphatic rings. The fourth-order valence-corrected chi connectivity index (χ4v) is 4.88. The van der Waals surface area contributed by atoms with Gasteiger partial charge in [-0.3, -0.25) is 0 Å². The molecule has 2 heterocycles. The van der Waals surface area contributed by atoms with Gasteiger partial charge in [-0.2, -0.15) is 0 Å². The van der Waals surface area contributed by atoms with E-state index in [-0.39, 0.29) is 5.60 Å². The van der Waals surface area contributed by atoms with Crippen molar-refractivity contribution >= 4 is 17.7 Å². The maximum atomic E-state index is 11.2. The van der Waals surface area contributed by atoms with Gasteiger partial charge in [-0.25, -0.2) is 4.79 Å². The Morgan fingerprint density at radius 1 is 1.15 bits per heavy atom. The normalized spacial score (nSPS) is 19.9. The summed E-state index contributed by atoms with van der Waals surface area (Å²) < 4.78 is 11.4. The Bertz CT molecular complexity index is 924. The van der Waals surface area contributed by atoms with Crippen molar-refractivity contribution in [2.75, 3.05) is 26.8 Å². The Balaban J connectivity index is 0.000000302. The second kappa shape index (κ2) is 11.6. The number of amides is 1. The van der Waals surface area contributed by atoms with Gasteiger partial charge in [-0.1, -0.05) is 68.8 Å². The maximum absolute atomic E-state index is 11.2. The van der Waals surface area contributed by atoms with Crippen LogP contribution >= 0.6 is 11.6 Å². The summed E-state index contributed by atoms with van der Waals surface area (Å²) in [5.74, 6) is 0. The first-order valence-electron chi connectivity index (χ1n) is 12.1. The molecule has 2 aromatic rings. The first kappa shape index (κ1) is 26.5. The van der Waals surface area contributed by atoms with Gasteiger partial charge >= 0.3 is 6.09 Å². The Morgan fingerprint density at radius 3 is 2.29 bits per heavy atom. The molecule has 2 aromatic carbocycles. The van der Waals surface area contributed by atoms with E-state index in [0.717, 1.165) is 29.2 Å². The number of carboxylic acid groups (broad SMARTS) is 1. The molecule has 34 heavy (non-hydrogen) atoms. The molecule has 0 bridgehead atoms. The average Bonchev–Trinajstić information content (AvgIpc) is 3.37. The summed E-state index contributed by atoms with van der Waals surface area (Å²) in [5.41, 5.74) is 3.52. The van der Waals surface area contributed by atoms with E-state index in [0.29, 0.717) is 37.5 Å². The zero-order valence-corrected chi connectivity index (χ0v) is 21.6. The Labute approximate surface area is 209 Å². The number of rotatable bonds is 4. The van der Waals surface area contributed by atoms with Crippen molar-refractivity contribution in [1.29, 1.82) is 0 Å². The van der Waals surface area contributed by atoms with Crippen molar-refractivity contribution in [1.82, 2.24) is 4.90 Å². The van der Waals surface area contributed by atoms with Gasteiger partial charge in [0, 0.05) is 38.2 Å². The largest absolute Gasteiger partial charge is 0.465 e. The van der Waals surface area contributed by atoms with Crippen LogP contribution in [0.3, 0.4) is 0 Å². The average molecular weight is 488 g/mol. The Kier molecular flexibility index (Phi) is 9.02. The van der Waals surface area contributed by atoms with E-state index in [1.165, 1.54) is 23.3 Å². The van der Waals surface area contributed by atoms with Crippen LogP contribution in [0, 0.1) is 5.41 Å². The van der Waals surface area contributed by atoms with Gasteiger partial charge in [0.05, 0.1) is 11.7 Å². The highest BCUT2D eigenvalue weighted by Crippen LogP contribution is 2.34. The first-order valence-corrected chi connectivity index (χ1v) is 12.5. The standard InChI is InChI=1S/C20H22ClNO3.C8H16O/c1-25-20(10-12-22(13-11-20)19(23)24)14-16-4-2-3-5-18(16)15-6-8-17(21)9-7-15;1-8(2,3)7-5-4-6-9-7/h2-9H,10-14H2,1H3,(H,23,24);7H,4-6H2,1-3H3.